The molecule has 2 amide bonds. The van der Waals surface area contributed by atoms with Gasteiger partial charge >= 0.3 is 0 Å². The Morgan fingerprint density at radius 1 is 1.18 bits per heavy atom. The van der Waals surface area contributed by atoms with Crippen LogP contribution in [0.4, 0.5) is 5.69 Å². The van der Waals surface area contributed by atoms with Crippen LogP contribution in [0.2, 0.25) is 0 Å². The number of nitrogens with one attached hydrogen (secondary N) is 2. The van der Waals surface area contributed by atoms with Crippen molar-refractivity contribution >= 4 is 17.5 Å². The molecule has 2 N–H and O–H groups in total. The second-order valence-corrected chi connectivity index (χ2v) is 6.41. The van der Waals surface area contributed by atoms with E-state index in [-0.39, 0.29) is 11.8 Å². The van der Waals surface area contributed by atoms with Crippen LogP contribution >= 0.6 is 0 Å². The summed E-state index contributed by atoms with van der Waals surface area (Å²) < 4.78 is 0. The van der Waals surface area contributed by atoms with Crippen molar-refractivity contribution in [1.82, 2.24) is 10.2 Å². The smallest absolute Gasteiger partial charge is 0.240 e. The molecule has 120 valence electrons. The van der Waals surface area contributed by atoms with E-state index in [0.717, 1.165) is 23.4 Å². The Balaban J connectivity index is 1.99. The van der Waals surface area contributed by atoms with Gasteiger partial charge in [-0.05, 0) is 58.0 Å². The zero-order valence-corrected chi connectivity index (χ0v) is 13.8. The van der Waals surface area contributed by atoms with E-state index in [1.165, 1.54) is 0 Å². The number of aryl methyl sites for hydroxylation is 2. The van der Waals surface area contributed by atoms with Gasteiger partial charge in [0.1, 0.15) is 5.41 Å². The first-order chi connectivity index (χ1) is 10.3. The van der Waals surface area contributed by atoms with Crippen molar-refractivity contribution < 1.29 is 9.59 Å². The zero-order valence-electron chi connectivity index (χ0n) is 13.8. The number of benzene rings is 1. The average Bonchev–Trinajstić information content (AvgIpc) is 3.24. The quantitative estimate of drug-likeness (QED) is 0.786. The van der Waals surface area contributed by atoms with Crippen LogP contribution in [0.1, 0.15) is 24.0 Å². The van der Waals surface area contributed by atoms with Gasteiger partial charge in [-0.2, -0.15) is 0 Å². The van der Waals surface area contributed by atoms with Crippen molar-refractivity contribution in [2.75, 3.05) is 32.5 Å². The maximum absolute atomic E-state index is 12.5. The Morgan fingerprint density at radius 2 is 1.86 bits per heavy atom. The summed E-state index contributed by atoms with van der Waals surface area (Å²) in [5.41, 5.74) is 2.00. The first-order valence-corrected chi connectivity index (χ1v) is 7.67. The highest BCUT2D eigenvalue weighted by molar-refractivity contribution is 6.13. The standard InChI is InChI=1S/C17H25N3O2/c1-12-5-6-13(2)14(11-12)19-16(22)17(7-8-17)15(21)18-9-10-20(3)4/h5-6,11H,7-10H2,1-4H3,(H,18,21)(H,19,22). The van der Waals surface area contributed by atoms with Crippen molar-refractivity contribution in [2.45, 2.75) is 26.7 Å². The molecule has 0 atom stereocenters. The van der Waals surface area contributed by atoms with E-state index in [1.54, 1.807) is 0 Å². The molecule has 2 rings (SSSR count). The van der Waals surface area contributed by atoms with E-state index in [1.807, 2.05) is 51.0 Å². The van der Waals surface area contributed by atoms with Crippen molar-refractivity contribution in [3.8, 4) is 0 Å². The van der Waals surface area contributed by atoms with Crippen LogP contribution in [0, 0.1) is 19.3 Å². The lowest BCUT2D eigenvalue weighted by atomic mass is 10.0. The zero-order chi connectivity index (χ0) is 16.3. The minimum Gasteiger partial charge on any atom is -0.354 e. The third-order valence-electron chi connectivity index (χ3n) is 4.11. The second-order valence-electron chi connectivity index (χ2n) is 6.41. The maximum atomic E-state index is 12.5. The van der Waals surface area contributed by atoms with Gasteiger partial charge in [0.25, 0.3) is 0 Å². The molecule has 0 radical (unpaired) electrons. The van der Waals surface area contributed by atoms with Crippen molar-refractivity contribution in [1.29, 1.82) is 0 Å². The van der Waals surface area contributed by atoms with Gasteiger partial charge < -0.3 is 15.5 Å². The van der Waals surface area contributed by atoms with Gasteiger partial charge in [-0.3, -0.25) is 9.59 Å². The molecule has 22 heavy (non-hydrogen) atoms. The Hall–Kier alpha value is -1.88. The highest BCUT2D eigenvalue weighted by Gasteiger charge is 2.56. The topological polar surface area (TPSA) is 61.4 Å². The fraction of sp³-hybridized carbons (Fsp3) is 0.529. The van der Waals surface area contributed by atoms with E-state index < -0.39 is 5.41 Å². The monoisotopic (exact) mass is 303 g/mol. The number of hydrogen-bond acceptors (Lipinski definition) is 3. The van der Waals surface area contributed by atoms with Crippen molar-refractivity contribution in [2.24, 2.45) is 5.41 Å². The van der Waals surface area contributed by atoms with Gasteiger partial charge in [0.15, 0.2) is 0 Å². The third kappa shape index (κ3) is 3.65. The van der Waals surface area contributed by atoms with E-state index in [4.69, 9.17) is 0 Å². The summed E-state index contributed by atoms with van der Waals surface area (Å²) in [5, 5.41) is 5.79. The van der Waals surface area contributed by atoms with Crippen LogP contribution < -0.4 is 10.6 Å². The SMILES string of the molecule is Cc1ccc(C)c(NC(=O)C2(C(=O)NCCN(C)C)CC2)c1. The molecule has 1 fully saturated rings. The number of likely N-dealkylation sites (N-methyl/N-ethyl adjacent to an activating group) is 1. The number of amides is 2. The molecule has 0 unspecified atom stereocenters. The number of nitrogens with zero attached hydrogens (tertiary/aromatic N) is 1. The Morgan fingerprint density at radius 3 is 2.45 bits per heavy atom. The predicted molar refractivity (Wildman–Crippen MR) is 87.8 cm³/mol. The Bertz CT molecular complexity index is 577. The van der Waals surface area contributed by atoms with E-state index >= 15 is 0 Å². The van der Waals surface area contributed by atoms with Gasteiger partial charge in [-0.25, -0.2) is 0 Å². The molecule has 5 nitrogen and oxygen atoms in total. The van der Waals surface area contributed by atoms with Crippen LogP contribution in [0.15, 0.2) is 18.2 Å². The number of anilines is 1. The summed E-state index contributed by atoms with van der Waals surface area (Å²) in [5.74, 6) is -0.347. The largest absolute Gasteiger partial charge is 0.354 e. The summed E-state index contributed by atoms with van der Waals surface area (Å²) in [6.45, 7) is 5.26. The fourth-order valence-electron chi connectivity index (χ4n) is 2.36. The van der Waals surface area contributed by atoms with Crippen molar-refractivity contribution in [3.63, 3.8) is 0 Å². The first kappa shape index (κ1) is 16.5. The van der Waals surface area contributed by atoms with Crippen LogP contribution in [0.3, 0.4) is 0 Å². The predicted octanol–water partition coefficient (Wildman–Crippen LogP) is 1.70. The molecule has 0 aliphatic heterocycles. The number of carbonyl (C=O) groups excluding carboxylic acids is 2. The van der Waals surface area contributed by atoms with E-state index in [2.05, 4.69) is 10.6 Å². The lowest BCUT2D eigenvalue weighted by Gasteiger charge is -2.17. The van der Waals surface area contributed by atoms with Gasteiger partial charge in [-0.15, -0.1) is 0 Å². The summed E-state index contributed by atoms with van der Waals surface area (Å²) in [6.07, 6.45) is 1.25. The molecule has 5 heteroatoms. The molecule has 1 aromatic carbocycles. The Labute approximate surface area is 132 Å². The van der Waals surface area contributed by atoms with Gasteiger partial charge in [0, 0.05) is 18.8 Å². The van der Waals surface area contributed by atoms with Crippen LogP contribution in [-0.4, -0.2) is 43.9 Å². The molecule has 0 heterocycles. The molecule has 0 saturated heterocycles. The van der Waals surface area contributed by atoms with Gasteiger partial charge in [-0.1, -0.05) is 12.1 Å². The van der Waals surface area contributed by atoms with Crippen LogP contribution in [-0.2, 0) is 9.59 Å². The first-order valence-electron chi connectivity index (χ1n) is 7.67. The highest BCUT2D eigenvalue weighted by Crippen LogP contribution is 2.47. The Kier molecular flexibility index (Phi) is 4.86. The molecule has 1 saturated carbocycles. The second kappa shape index (κ2) is 6.48. The van der Waals surface area contributed by atoms with Gasteiger partial charge in [0.2, 0.25) is 11.8 Å². The van der Waals surface area contributed by atoms with Gasteiger partial charge in [0.05, 0.1) is 0 Å². The minimum atomic E-state index is -0.873. The third-order valence-corrected chi connectivity index (χ3v) is 4.11. The average molecular weight is 303 g/mol. The summed E-state index contributed by atoms with van der Waals surface area (Å²) >= 11 is 0. The molecule has 1 aliphatic carbocycles. The summed E-state index contributed by atoms with van der Waals surface area (Å²) in [4.78, 5) is 26.8. The molecular weight excluding hydrogens is 278 g/mol. The molecule has 0 bridgehead atoms. The van der Waals surface area contributed by atoms with Crippen molar-refractivity contribution in [3.05, 3.63) is 29.3 Å². The molecule has 0 aromatic heterocycles. The number of rotatable bonds is 6. The maximum Gasteiger partial charge on any atom is 0.240 e. The van der Waals surface area contributed by atoms with E-state index in [9.17, 15) is 9.59 Å². The number of carbonyl (C=O) groups is 2. The highest BCUT2D eigenvalue weighted by atomic mass is 16.2. The lowest BCUT2D eigenvalue weighted by molar-refractivity contribution is -0.134. The normalized spacial score (nSPS) is 15.5. The van der Waals surface area contributed by atoms with Crippen LogP contribution in [0.25, 0.3) is 0 Å². The molecule has 1 aliphatic rings. The lowest BCUT2D eigenvalue weighted by Crippen LogP contribution is -2.42. The fourth-order valence-corrected chi connectivity index (χ4v) is 2.36. The summed E-state index contributed by atoms with van der Waals surface area (Å²) in [7, 11) is 3.90. The van der Waals surface area contributed by atoms with E-state index in [0.29, 0.717) is 19.4 Å². The molecular formula is C17H25N3O2. The van der Waals surface area contributed by atoms with Crippen LogP contribution in [0.5, 0.6) is 0 Å². The molecule has 0 spiro atoms. The summed E-state index contributed by atoms with van der Waals surface area (Å²) in [6, 6.07) is 5.92. The minimum absolute atomic E-state index is 0.155. The molecule has 1 aromatic rings. The number of hydrogen-bond donors (Lipinski definition) is 2.